The molecule has 0 aliphatic carbocycles. The number of carbonyl (C=O) groups is 1. The minimum absolute atomic E-state index is 0.00417. The fourth-order valence-corrected chi connectivity index (χ4v) is 3.02. The molecule has 1 fully saturated rings. The highest BCUT2D eigenvalue weighted by atomic mass is 35.5. The molecular formula is C18H28ClN3O. The van der Waals surface area contributed by atoms with Crippen molar-refractivity contribution in [3.63, 3.8) is 0 Å². The molecular weight excluding hydrogens is 310 g/mol. The summed E-state index contributed by atoms with van der Waals surface area (Å²) in [4.78, 5) is 14.6. The molecule has 23 heavy (non-hydrogen) atoms. The summed E-state index contributed by atoms with van der Waals surface area (Å²) in [5.41, 5.74) is 7.27. The molecule has 128 valence electrons. The van der Waals surface area contributed by atoms with E-state index in [-0.39, 0.29) is 17.9 Å². The maximum Gasteiger partial charge on any atom is 0.237 e. The molecule has 0 spiro atoms. The van der Waals surface area contributed by atoms with Gasteiger partial charge in [0.15, 0.2) is 0 Å². The Morgan fingerprint density at radius 3 is 2.52 bits per heavy atom. The van der Waals surface area contributed by atoms with Crippen molar-refractivity contribution in [2.24, 2.45) is 11.7 Å². The number of hydrogen-bond acceptors (Lipinski definition) is 3. The predicted molar refractivity (Wildman–Crippen MR) is 95.3 cm³/mol. The Kier molecular flexibility index (Phi) is 6.88. The van der Waals surface area contributed by atoms with E-state index in [4.69, 9.17) is 17.3 Å². The summed E-state index contributed by atoms with van der Waals surface area (Å²) in [6, 6.07) is 7.86. The van der Waals surface area contributed by atoms with Gasteiger partial charge in [-0.05, 0) is 36.5 Å². The SMILES string of the molecule is CCC(C)C(N)C(=O)NC1CCN(Cc2ccc(Cl)cc2)CC1. The van der Waals surface area contributed by atoms with Crippen LogP contribution in [0.15, 0.2) is 24.3 Å². The third-order valence-electron chi connectivity index (χ3n) is 4.81. The van der Waals surface area contributed by atoms with Gasteiger partial charge in [0.1, 0.15) is 0 Å². The average Bonchev–Trinajstić information content (AvgIpc) is 2.57. The number of nitrogens with one attached hydrogen (secondary N) is 1. The third-order valence-corrected chi connectivity index (χ3v) is 5.07. The quantitative estimate of drug-likeness (QED) is 0.839. The van der Waals surface area contributed by atoms with Crippen LogP contribution in [0.1, 0.15) is 38.7 Å². The van der Waals surface area contributed by atoms with Crippen molar-refractivity contribution < 1.29 is 4.79 Å². The highest BCUT2D eigenvalue weighted by Crippen LogP contribution is 2.16. The molecule has 1 aromatic rings. The van der Waals surface area contributed by atoms with Crippen molar-refractivity contribution in [3.05, 3.63) is 34.9 Å². The lowest BCUT2D eigenvalue weighted by Gasteiger charge is -2.33. The fraction of sp³-hybridized carbons (Fsp3) is 0.611. The first kappa shape index (κ1) is 18.2. The number of nitrogens with two attached hydrogens (primary N) is 1. The van der Waals surface area contributed by atoms with Gasteiger partial charge >= 0.3 is 0 Å². The molecule has 4 nitrogen and oxygen atoms in total. The number of likely N-dealkylation sites (tertiary alicyclic amines) is 1. The Balaban J connectivity index is 1.75. The highest BCUT2D eigenvalue weighted by Gasteiger charge is 2.25. The summed E-state index contributed by atoms with van der Waals surface area (Å²) in [6.45, 7) is 7.01. The zero-order valence-corrected chi connectivity index (χ0v) is 14.9. The molecule has 1 aliphatic heterocycles. The molecule has 2 rings (SSSR count). The van der Waals surface area contributed by atoms with Crippen molar-refractivity contribution in [2.75, 3.05) is 13.1 Å². The molecule has 5 heteroatoms. The fourth-order valence-electron chi connectivity index (χ4n) is 2.89. The summed E-state index contributed by atoms with van der Waals surface area (Å²) in [5, 5.41) is 3.89. The molecule has 3 N–H and O–H groups in total. The van der Waals surface area contributed by atoms with Crippen molar-refractivity contribution >= 4 is 17.5 Å². The summed E-state index contributed by atoms with van der Waals surface area (Å²) in [7, 11) is 0. The Morgan fingerprint density at radius 1 is 1.35 bits per heavy atom. The lowest BCUT2D eigenvalue weighted by molar-refractivity contribution is -0.124. The van der Waals surface area contributed by atoms with Crippen molar-refractivity contribution in [1.82, 2.24) is 10.2 Å². The molecule has 0 radical (unpaired) electrons. The number of carbonyl (C=O) groups excluding carboxylic acids is 1. The van der Waals surface area contributed by atoms with E-state index in [1.165, 1.54) is 5.56 Å². The topological polar surface area (TPSA) is 58.4 Å². The summed E-state index contributed by atoms with van der Waals surface area (Å²) >= 11 is 5.92. The second-order valence-electron chi connectivity index (χ2n) is 6.60. The summed E-state index contributed by atoms with van der Waals surface area (Å²) < 4.78 is 0. The van der Waals surface area contributed by atoms with E-state index in [1.54, 1.807) is 0 Å². The monoisotopic (exact) mass is 337 g/mol. The molecule has 1 aromatic carbocycles. The van der Waals surface area contributed by atoms with Crippen LogP contribution in [0.3, 0.4) is 0 Å². The Labute approximate surface area is 144 Å². The molecule has 0 aromatic heterocycles. The minimum Gasteiger partial charge on any atom is -0.352 e. The molecule has 0 saturated carbocycles. The normalized spacial score (nSPS) is 19.3. The van der Waals surface area contributed by atoms with Gasteiger partial charge in [-0.3, -0.25) is 9.69 Å². The lowest BCUT2D eigenvalue weighted by atomic mass is 9.98. The second-order valence-corrected chi connectivity index (χ2v) is 7.03. The van der Waals surface area contributed by atoms with Crippen molar-refractivity contribution in [3.8, 4) is 0 Å². The second kappa shape index (κ2) is 8.67. The van der Waals surface area contributed by atoms with Gasteiger partial charge in [-0.25, -0.2) is 0 Å². The van der Waals surface area contributed by atoms with Gasteiger partial charge in [0, 0.05) is 30.7 Å². The van der Waals surface area contributed by atoms with Crippen LogP contribution >= 0.6 is 11.6 Å². The Hall–Kier alpha value is -1.10. The molecule has 2 atom stereocenters. The largest absolute Gasteiger partial charge is 0.352 e. The first-order chi connectivity index (χ1) is 11.0. The van der Waals surface area contributed by atoms with Crippen LogP contribution in [0.25, 0.3) is 0 Å². The van der Waals surface area contributed by atoms with Crippen LogP contribution in [0.2, 0.25) is 5.02 Å². The first-order valence-electron chi connectivity index (χ1n) is 8.52. The van der Waals surface area contributed by atoms with Crippen molar-refractivity contribution in [1.29, 1.82) is 0 Å². The Bertz CT molecular complexity index is 497. The maximum atomic E-state index is 12.2. The molecule has 1 amide bonds. The smallest absolute Gasteiger partial charge is 0.237 e. The van der Waals surface area contributed by atoms with Crippen LogP contribution in [0.4, 0.5) is 0 Å². The van der Waals surface area contributed by atoms with Gasteiger partial charge in [-0.2, -0.15) is 0 Å². The zero-order valence-electron chi connectivity index (χ0n) is 14.1. The van der Waals surface area contributed by atoms with Gasteiger partial charge in [-0.1, -0.05) is 44.0 Å². The number of piperidine rings is 1. The van der Waals surface area contributed by atoms with Crippen molar-refractivity contribution in [2.45, 2.75) is 51.7 Å². The van der Waals surface area contributed by atoms with E-state index in [1.807, 2.05) is 19.1 Å². The van der Waals surface area contributed by atoms with Gasteiger partial charge in [0.05, 0.1) is 6.04 Å². The predicted octanol–water partition coefficient (Wildman–Crippen LogP) is 2.79. The minimum atomic E-state index is -0.396. The Morgan fingerprint density at radius 2 is 1.96 bits per heavy atom. The van der Waals surface area contributed by atoms with E-state index in [0.29, 0.717) is 0 Å². The van der Waals surface area contributed by atoms with Crippen LogP contribution < -0.4 is 11.1 Å². The highest BCUT2D eigenvalue weighted by molar-refractivity contribution is 6.30. The number of rotatable bonds is 6. The number of hydrogen-bond donors (Lipinski definition) is 2. The summed E-state index contributed by atoms with van der Waals surface area (Å²) in [5.74, 6) is 0.218. The standard InChI is InChI=1S/C18H28ClN3O/c1-3-13(2)17(20)18(23)21-16-8-10-22(11-9-16)12-14-4-6-15(19)7-5-14/h4-7,13,16-17H,3,8-12,20H2,1-2H3,(H,21,23). The average molecular weight is 338 g/mol. The van der Waals surface area contributed by atoms with Crippen LogP contribution in [-0.2, 0) is 11.3 Å². The third kappa shape index (κ3) is 5.48. The van der Waals surface area contributed by atoms with Crippen LogP contribution in [0, 0.1) is 5.92 Å². The van der Waals surface area contributed by atoms with Gasteiger partial charge in [0.2, 0.25) is 5.91 Å². The lowest BCUT2D eigenvalue weighted by Crippen LogP contribution is -2.51. The van der Waals surface area contributed by atoms with Gasteiger partial charge in [-0.15, -0.1) is 0 Å². The zero-order chi connectivity index (χ0) is 16.8. The van der Waals surface area contributed by atoms with Crippen LogP contribution in [0.5, 0.6) is 0 Å². The molecule has 1 aliphatic rings. The van der Waals surface area contributed by atoms with E-state index >= 15 is 0 Å². The molecule has 0 bridgehead atoms. The van der Waals surface area contributed by atoms with E-state index < -0.39 is 6.04 Å². The molecule has 2 unspecified atom stereocenters. The first-order valence-corrected chi connectivity index (χ1v) is 8.90. The summed E-state index contributed by atoms with van der Waals surface area (Å²) in [6.07, 6.45) is 2.88. The number of halogens is 1. The molecule has 1 heterocycles. The van der Waals surface area contributed by atoms with Crippen LogP contribution in [-0.4, -0.2) is 36.0 Å². The maximum absolute atomic E-state index is 12.2. The number of benzene rings is 1. The number of nitrogens with zero attached hydrogens (tertiary/aromatic N) is 1. The van der Waals surface area contributed by atoms with Gasteiger partial charge < -0.3 is 11.1 Å². The van der Waals surface area contributed by atoms with Gasteiger partial charge in [0.25, 0.3) is 0 Å². The van der Waals surface area contributed by atoms with E-state index in [0.717, 1.165) is 43.9 Å². The van der Waals surface area contributed by atoms with E-state index in [2.05, 4.69) is 29.3 Å². The number of amides is 1. The molecule has 1 saturated heterocycles. The van der Waals surface area contributed by atoms with E-state index in [9.17, 15) is 4.79 Å².